The Hall–Kier alpha value is -2.97. The van der Waals surface area contributed by atoms with Crippen LogP contribution in [-0.2, 0) is 9.59 Å². The molecule has 10 heteroatoms. The standard InChI is InChI=1S/C23H26Cl2N2O6/c1-2-3-4-5-6-9-26-23(32)16-12-15(7-8-19(16)28)33-22-17(24)10-14(11-18(22)25)27-20(29)13-21(30)31/h7-8,10-12,28H,2-6,9,13H2,1H3,(H,26,32)(H,27,29)(H,30,31). The molecule has 0 aromatic heterocycles. The molecule has 178 valence electrons. The maximum Gasteiger partial charge on any atom is 0.312 e. The fourth-order valence-corrected chi connectivity index (χ4v) is 3.54. The van der Waals surface area contributed by atoms with Crippen molar-refractivity contribution in [1.82, 2.24) is 5.32 Å². The highest BCUT2D eigenvalue weighted by atomic mass is 35.5. The Labute approximate surface area is 201 Å². The number of aromatic hydroxyl groups is 1. The van der Waals surface area contributed by atoms with Crippen molar-refractivity contribution in [3.63, 3.8) is 0 Å². The maximum atomic E-state index is 12.5. The summed E-state index contributed by atoms with van der Waals surface area (Å²) in [5.74, 6) is -2.34. The SMILES string of the molecule is CCCCCCCNC(=O)c1cc(Oc2c(Cl)cc(NC(=O)CC(=O)O)cc2Cl)ccc1O. The molecule has 0 fully saturated rings. The number of amides is 2. The number of carbonyl (C=O) groups is 3. The summed E-state index contributed by atoms with van der Waals surface area (Å²) in [6, 6.07) is 6.86. The Kier molecular flexibility index (Phi) is 10.3. The Balaban J connectivity index is 2.07. The Morgan fingerprint density at radius 2 is 1.67 bits per heavy atom. The molecule has 0 saturated carbocycles. The van der Waals surface area contributed by atoms with Crippen molar-refractivity contribution in [3.8, 4) is 17.2 Å². The number of halogens is 2. The molecule has 0 saturated heterocycles. The molecule has 0 unspecified atom stereocenters. The second kappa shape index (κ2) is 12.9. The average Bonchev–Trinajstić information content (AvgIpc) is 2.73. The zero-order valence-electron chi connectivity index (χ0n) is 18.1. The minimum absolute atomic E-state index is 0.0471. The van der Waals surface area contributed by atoms with E-state index >= 15 is 0 Å². The normalized spacial score (nSPS) is 10.5. The number of benzene rings is 2. The van der Waals surface area contributed by atoms with E-state index < -0.39 is 24.2 Å². The lowest BCUT2D eigenvalue weighted by molar-refractivity contribution is -0.139. The zero-order valence-corrected chi connectivity index (χ0v) is 19.6. The van der Waals surface area contributed by atoms with E-state index in [1.54, 1.807) is 0 Å². The van der Waals surface area contributed by atoms with Gasteiger partial charge in [-0.15, -0.1) is 0 Å². The van der Waals surface area contributed by atoms with Crippen LogP contribution in [0.4, 0.5) is 5.69 Å². The number of carboxylic acid groups (broad SMARTS) is 1. The van der Waals surface area contributed by atoms with Crippen LogP contribution in [0.2, 0.25) is 10.0 Å². The summed E-state index contributed by atoms with van der Waals surface area (Å²) in [4.78, 5) is 34.7. The van der Waals surface area contributed by atoms with E-state index in [4.69, 9.17) is 33.0 Å². The number of aliphatic carboxylic acids is 1. The summed E-state index contributed by atoms with van der Waals surface area (Å²) < 4.78 is 5.72. The molecule has 0 aliphatic rings. The van der Waals surface area contributed by atoms with Gasteiger partial charge in [0.05, 0.1) is 15.6 Å². The minimum Gasteiger partial charge on any atom is -0.507 e. The molecule has 0 atom stereocenters. The number of rotatable bonds is 12. The number of unbranched alkanes of at least 4 members (excludes halogenated alkanes) is 4. The van der Waals surface area contributed by atoms with E-state index in [2.05, 4.69) is 17.6 Å². The van der Waals surface area contributed by atoms with Gasteiger partial charge in [-0.3, -0.25) is 14.4 Å². The molecule has 0 spiro atoms. The predicted octanol–water partition coefficient (Wildman–Crippen LogP) is 5.60. The second-order valence-corrected chi connectivity index (χ2v) is 8.15. The van der Waals surface area contributed by atoms with Crippen molar-refractivity contribution in [2.45, 2.75) is 45.4 Å². The molecule has 2 aromatic rings. The van der Waals surface area contributed by atoms with Crippen molar-refractivity contribution in [3.05, 3.63) is 45.9 Å². The molecule has 2 rings (SSSR count). The monoisotopic (exact) mass is 496 g/mol. The molecule has 0 aliphatic carbocycles. The first kappa shape index (κ1) is 26.3. The van der Waals surface area contributed by atoms with E-state index in [0.717, 1.165) is 32.1 Å². The van der Waals surface area contributed by atoms with Gasteiger partial charge in [0.2, 0.25) is 5.91 Å². The Bertz CT molecular complexity index is 989. The van der Waals surface area contributed by atoms with Crippen LogP contribution in [0.5, 0.6) is 17.2 Å². The molecule has 8 nitrogen and oxygen atoms in total. The summed E-state index contributed by atoms with van der Waals surface area (Å²) in [5, 5.41) is 24.0. The third kappa shape index (κ3) is 8.47. The second-order valence-electron chi connectivity index (χ2n) is 7.34. The number of carbonyl (C=O) groups excluding carboxylic acids is 2. The van der Waals surface area contributed by atoms with Crippen molar-refractivity contribution in [1.29, 1.82) is 0 Å². The molecular formula is C23H26Cl2N2O6. The van der Waals surface area contributed by atoms with Crippen LogP contribution in [0, 0.1) is 0 Å². The van der Waals surface area contributed by atoms with E-state index in [1.807, 2.05) is 0 Å². The topological polar surface area (TPSA) is 125 Å². The van der Waals surface area contributed by atoms with E-state index in [-0.39, 0.29) is 38.5 Å². The van der Waals surface area contributed by atoms with Crippen LogP contribution < -0.4 is 15.4 Å². The third-order valence-electron chi connectivity index (χ3n) is 4.59. The van der Waals surface area contributed by atoms with Crippen molar-refractivity contribution in [2.75, 3.05) is 11.9 Å². The van der Waals surface area contributed by atoms with Crippen LogP contribution in [-0.4, -0.2) is 34.5 Å². The zero-order chi connectivity index (χ0) is 24.4. The summed E-state index contributed by atoms with van der Waals surface area (Å²) in [5.41, 5.74) is 0.249. The molecule has 0 aliphatic heterocycles. The lowest BCUT2D eigenvalue weighted by atomic mass is 10.1. The van der Waals surface area contributed by atoms with Crippen LogP contribution in [0.15, 0.2) is 30.3 Å². The first-order chi connectivity index (χ1) is 15.7. The summed E-state index contributed by atoms with van der Waals surface area (Å²) in [6.45, 7) is 2.63. The van der Waals surface area contributed by atoms with Gasteiger partial charge in [0.1, 0.15) is 17.9 Å². The van der Waals surface area contributed by atoms with Gasteiger partial charge in [-0.2, -0.15) is 0 Å². The highest BCUT2D eigenvalue weighted by Crippen LogP contribution is 2.39. The van der Waals surface area contributed by atoms with Crippen LogP contribution >= 0.6 is 23.2 Å². The molecular weight excluding hydrogens is 471 g/mol. The fourth-order valence-electron chi connectivity index (χ4n) is 2.98. The predicted molar refractivity (Wildman–Crippen MR) is 127 cm³/mol. The lowest BCUT2D eigenvalue weighted by Crippen LogP contribution is -2.24. The quantitative estimate of drug-likeness (QED) is 0.223. The molecule has 2 amide bonds. The van der Waals surface area contributed by atoms with Gasteiger partial charge in [0.25, 0.3) is 5.91 Å². The molecule has 0 heterocycles. The number of nitrogens with one attached hydrogen (secondary N) is 2. The molecule has 4 N–H and O–H groups in total. The van der Waals surface area contributed by atoms with Crippen molar-refractivity contribution >= 4 is 46.7 Å². The van der Waals surface area contributed by atoms with Gasteiger partial charge in [-0.1, -0.05) is 55.8 Å². The van der Waals surface area contributed by atoms with Crippen LogP contribution in [0.1, 0.15) is 55.8 Å². The van der Waals surface area contributed by atoms with Gasteiger partial charge in [0, 0.05) is 12.2 Å². The van der Waals surface area contributed by atoms with Gasteiger partial charge in [-0.25, -0.2) is 0 Å². The smallest absolute Gasteiger partial charge is 0.312 e. The minimum atomic E-state index is -1.27. The summed E-state index contributed by atoms with van der Waals surface area (Å²) in [6.07, 6.45) is 4.59. The van der Waals surface area contributed by atoms with Crippen molar-refractivity contribution in [2.24, 2.45) is 0 Å². The van der Waals surface area contributed by atoms with E-state index in [1.165, 1.54) is 30.3 Å². The summed E-state index contributed by atoms with van der Waals surface area (Å²) in [7, 11) is 0. The van der Waals surface area contributed by atoms with E-state index in [0.29, 0.717) is 6.54 Å². The largest absolute Gasteiger partial charge is 0.507 e. The van der Waals surface area contributed by atoms with Crippen LogP contribution in [0.3, 0.4) is 0 Å². The Morgan fingerprint density at radius 1 is 1.00 bits per heavy atom. The highest BCUT2D eigenvalue weighted by molar-refractivity contribution is 6.37. The third-order valence-corrected chi connectivity index (χ3v) is 5.15. The number of carboxylic acids is 1. The summed E-state index contributed by atoms with van der Waals surface area (Å²) >= 11 is 12.4. The first-order valence-corrected chi connectivity index (χ1v) is 11.3. The fraction of sp³-hybridized carbons (Fsp3) is 0.348. The first-order valence-electron chi connectivity index (χ1n) is 10.5. The number of ether oxygens (including phenoxy) is 1. The number of phenols is 1. The highest BCUT2D eigenvalue weighted by Gasteiger charge is 2.16. The number of hydrogen-bond donors (Lipinski definition) is 4. The maximum absolute atomic E-state index is 12.5. The van der Waals surface area contributed by atoms with Gasteiger partial charge >= 0.3 is 5.97 Å². The van der Waals surface area contributed by atoms with Crippen LogP contribution in [0.25, 0.3) is 0 Å². The molecule has 2 aromatic carbocycles. The number of hydrogen-bond acceptors (Lipinski definition) is 5. The van der Waals surface area contributed by atoms with Gasteiger partial charge in [0.15, 0.2) is 5.75 Å². The van der Waals surface area contributed by atoms with Crippen molar-refractivity contribution < 1.29 is 29.3 Å². The molecule has 0 bridgehead atoms. The molecule has 33 heavy (non-hydrogen) atoms. The number of anilines is 1. The Morgan fingerprint density at radius 3 is 2.30 bits per heavy atom. The number of phenolic OH excluding ortho intramolecular Hbond substituents is 1. The average molecular weight is 497 g/mol. The van der Waals surface area contributed by atoms with Gasteiger partial charge in [-0.05, 0) is 36.8 Å². The lowest BCUT2D eigenvalue weighted by Gasteiger charge is -2.13. The molecule has 0 radical (unpaired) electrons. The van der Waals surface area contributed by atoms with Gasteiger partial charge < -0.3 is 25.6 Å². The van der Waals surface area contributed by atoms with E-state index in [9.17, 15) is 19.5 Å².